The third-order valence-corrected chi connectivity index (χ3v) is 7.23. The molecule has 1 unspecified atom stereocenters. The van der Waals surface area contributed by atoms with E-state index in [2.05, 4.69) is 54.6 Å². The molecule has 0 N–H and O–H groups in total. The monoisotopic (exact) mass is 416 g/mol. The Bertz CT molecular complexity index is 855. The van der Waals surface area contributed by atoms with Gasteiger partial charge in [-0.2, -0.15) is 0 Å². The highest BCUT2D eigenvalue weighted by Gasteiger charge is 2.37. The standard InChI is InChI=1S/C23H33ClN4O/c1-5-23(29-6-2)11-9-16(10-12-23)22-26-25-21-15-19(27(3)4)14-17-13-18(24)7-8-20(17)28(21)22/h7-8,13,16,19H,5-6,9-12,14-15H2,1-4H3. The second-order valence-electron chi connectivity index (χ2n) is 8.85. The first-order valence-electron chi connectivity index (χ1n) is 11.0. The second kappa shape index (κ2) is 8.37. The van der Waals surface area contributed by atoms with E-state index in [1.165, 1.54) is 11.3 Å². The molecule has 0 amide bonds. The predicted molar refractivity (Wildman–Crippen MR) is 117 cm³/mol. The number of fused-ring (bicyclic) bond motifs is 3. The smallest absolute Gasteiger partial charge is 0.140 e. The predicted octanol–water partition coefficient (Wildman–Crippen LogP) is 4.79. The second-order valence-corrected chi connectivity index (χ2v) is 9.29. The fourth-order valence-corrected chi connectivity index (χ4v) is 5.33. The van der Waals surface area contributed by atoms with Crippen LogP contribution in [-0.2, 0) is 17.6 Å². The van der Waals surface area contributed by atoms with E-state index in [1.54, 1.807) is 0 Å². The molecule has 2 heterocycles. The van der Waals surface area contributed by atoms with Gasteiger partial charge in [-0.1, -0.05) is 18.5 Å². The number of rotatable bonds is 5. The van der Waals surface area contributed by atoms with Crippen molar-refractivity contribution in [3.63, 3.8) is 0 Å². The maximum atomic E-state index is 6.36. The Balaban J connectivity index is 1.69. The molecule has 1 saturated carbocycles. The summed E-state index contributed by atoms with van der Waals surface area (Å²) in [6.07, 6.45) is 7.35. The Morgan fingerprint density at radius 3 is 2.59 bits per heavy atom. The molecule has 5 nitrogen and oxygen atoms in total. The number of likely N-dealkylation sites (N-methyl/N-ethyl adjacent to an activating group) is 1. The fraction of sp³-hybridized carbons (Fsp3) is 0.652. The van der Waals surface area contributed by atoms with Gasteiger partial charge in [0.15, 0.2) is 0 Å². The van der Waals surface area contributed by atoms with Gasteiger partial charge in [0.05, 0.1) is 11.3 Å². The zero-order valence-electron chi connectivity index (χ0n) is 18.1. The Morgan fingerprint density at radius 2 is 1.93 bits per heavy atom. The number of nitrogens with zero attached hydrogens (tertiary/aromatic N) is 4. The Hall–Kier alpha value is -1.43. The molecule has 0 saturated heterocycles. The average molecular weight is 417 g/mol. The third-order valence-electron chi connectivity index (χ3n) is 7.00. The number of hydrogen-bond donors (Lipinski definition) is 0. The summed E-state index contributed by atoms with van der Waals surface area (Å²) in [4.78, 5) is 2.28. The molecule has 0 radical (unpaired) electrons. The Morgan fingerprint density at radius 1 is 1.17 bits per heavy atom. The summed E-state index contributed by atoms with van der Waals surface area (Å²) < 4.78 is 8.50. The van der Waals surface area contributed by atoms with Crippen molar-refractivity contribution in [2.45, 2.75) is 76.4 Å². The lowest BCUT2D eigenvalue weighted by atomic mass is 9.77. The quantitative estimate of drug-likeness (QED) is 0.702. The van der Waals surface area contributed by atoms with Gasteiger partial charge >= 0.3 is 0 Å². The summed E-state index contributed by atoms with van der Waals surface area (Å²) in [5.74, 6) is 2.61. The molecule has 0 bridgehead atoms. The molecule has 1 atom stereocenters. The first kappa shape index (κ1) is 20.8. The fourth-order valence-electron chi connectivity index (χ4n) is 5.14. The van der Waals surface area contributed by atoms with Crippen molar-refractivity contribution in [1.29, 1.82) is 0 Å². The number of halogens is 1. The van der Waals surface area contributed by atoms with E-state index >= 15 is 0 Å². The number of hydrogen-bond acceptors (Lipinski definition) is 4. The van der Waals surface area contributed by atoms with Gasteiger partial charge in [0, 0.05) is 30.0 Å². The molecule has 2 aromatic rings. The van der Waals surface area contributed by atoms with E-state index < -0.39 is 0 Å². The molecular formula is C23H33ClN4O. The van der Waals surface area contributed by atoms with Crippen molar-refractivity contribution in [2.24, 2.45) is 0 Å². The summed E-state index contributed by atoms with van der Waals surface area (Å²) in [5, 5.41) is 10.2. The Kier molecular flexibility index (Phi) is 6.01. The van der Waals surface area contributed by atoms with E-state index in [0.29, 0.717) is 12.0 Å². The molecule has 1 fully saturated rings. The van der Waals surface area contributed by atoms with Gasteiger partial charge in [-0.15, -0.1) is 10.2 Å². The van der Waals surface area contributed by atoms with Gasteiger partial charge in [0.25, 0.3) is 0 Å². The molecule has 4 rings (SSSR count). The molecule has 1 aliphatic heterocycles. The van der Waals surface area contributed by atoms with E-state index in [4.69, 9.17) is 21.4 Å². The summed E-state index contributed by atoms with van der Waals surface area (Å²) >= 11 is 6.36. The highest BCUT2D eigenvalue weighted by atomic mass is 35.5. The first-order valence-corrected chi connectivity index (χ1v) is 11.4. The highest BCUT2D eigenvalue weighted by Crippen LogP contribution is 2.42. The minimum atomic E-state index is 0.0499. The molecule has 2 aliphatic rings. The van der Waals surface area contributed by atoms with Gasteiger partial charge in [0.2, 0.25) is 0 Å². The van der Waals surface area contributed by atoms with Gasteiger partial charge in [-0.05, 0) is 83.3 Å². The highest BCUT2D eigenvalue weighted by molar-refractivity contribution is 6.30. The lowest BCUT2D eigenvalue weighted by Crippen LogP contribution is -2.36. The molecule has 0 spiro atoms. The van der Waals surface area contributed by atoms with Crippen LogP contribution in [0.3, 0.4) is 0 Å². The lowest BCUT2D eigenvalue weighted by molar-refractivity contribution is -0.0705. The molecular weight excluding hydrogens is 384 g/mol. The topological polar surface area (TPSA) is 43.2 Å². The van der Waals surface area contributed by atoms with Crippen LogP contribution in [0, 0.1) is 0 Å². The van der Waals surface area contributed by atoms with E-state index in [1.807, 2.05) is 6.07 Å². The zero-order valence-corrected chi connectivity index (χ0v) is 18.9. The van der Waals surface area contributed by atoms with E-state index in [9.17, 15) is 0 Å². The van der Waals surface area contributed by atoms with Gasteiger partial charge in [0.1, 0.15) is 11.6 Å². The average Bonchev–Trinajstić information content (AvgIpc) is 3.04. The van der Waals surface area contributed by atoms with Crippen LogP contribution in [0.1, 0.15) is 69.1 Å². The minimum absolute atomic E-state index is 0.0499. The molecule has 1 aromatic heterocycles. The number of aromatic nitrogens is 3. The first-order chi connectivity index (χ1) is 14.0. The number of ether oxygens (including phenoxy) is 1. The van der Waals surface area contributed by atoms with Crippen LogP contribution >= 0.6 is 11.6 Å². The van der Waals surface area contributed by atoms with Gasteiger partial charge in [-0.3, -0.25) is 4.57 Å². The van der Waals surface area contributed by atoms with Crippen molar-refractivity contribution in [2.75, 3.05) is 20.7 Å². The van der Waals surface area contributed by atoms with E-state index in [-0.39, 0.29) is 5.60 Å². The number of benzene rings is 1. The van der Waals surface area contributed by atoms with Crippen LogP contribution in [0.5, 0.6) is 0 Å². The normalized spacial score (nSPS) is 26.8. The summed E-state index contributed by atoms with van der Waals surface area (Å²) in [6.45, 7) is 5.14. The summed E-state index contributed by atoms with van der Waals surface area (Å²) in [7, 11) is 4.28. The summed E-state index contributed by atoms with van der Waals surface area (Å²) in [6, 6.07) is 6.64. The van der Waals surface area contributed by atoms with Crippen molar-refractivity contribution in [1.82, 2.24) is 19.7 Å². The van der Waals surface area contributed by atoms with Crippen molar-refractivity contribution in [3.8, 4) is 5.69 Å². The van der Waals surface area contributed by atoms with Gasteiger partial charge < -0.3 is 9.64 Å². The van der Waals surface area contributed by atoms with Crippen molar-refractivity contribution >= 4 is 11.6 Å². The SMILES string of the molecule is CCOC1(CC)CCC(c2nnc3n2-c2ccc(Cl)cc2CC(N(C)C)C3)CC1. The summed E-state index contributed by atoms with van der Waals surface area (Å²) in [5.41, 5.74) is 2.53. The van der Waals surface area contributed by atoms with Crippen LogP contribution in [0.15, 0.2) is 18.2 Å². The van der Waals surface area contributed by atoms with E-state index in [0.717, 1.165) is 68.2 Å². The van der Waals surface area contributed by atoms with Gasteiger partial charge in [-0.25, -0.2) is 0 Å². The van der Waals surface area contributed by atoms with Crippen LogP contribution in [0.4, 0.5) is 0 Å². The van der Waals surface area contributed by atoms with Crippen LogP contribution in [-0.4, -0.2) is 52.0 Å². The molecule has 1 aromatic carbocycles. The molecule has 6 heteroatoms. The third kappa shape index (κ3) is 3.97. The van der Waals surface area contributed by atoms with Crippen LogP contribution < -0.4 is 0 Å². The molecule has 1 aliphatic carbocycles. The maximum absolute atomic E-state index is 6.36. The largest absolute Gasteiger partial charge is 0.375 e. The molecule has 158 valence electrons. The van der Waals surface area contributed by atoms with Crippen molar-refractivity contribution in [3.05, 3.63) is 40.4 Å². The molecule has 29 heavy (non-hydrogen) atoms. The van der Waals surface area contributed by atoms with Crippen molar-refractivity contribution < 1.29 is 4.74 Å². The van der Waals surface area contributed by atoms with Crippen LogP contribution in [0.2, 0.25) is 5.02 Å². The maximum Gasteiger partial charge on any atom is 0.140 e. The lowest BCUT2D eigenvalue weighted by Gasteiger charge is -2.39. The van der Waals surface area contributed by atoms with Crippen LogP contribution in [0.25, 0.3) is 5.69 Å². The Labute approximate surface area is 179 Å². The minimum Gasteiger partial charge on any atom is -0.375 e. The zero-order chi connectivity index (χ0) is 20.6.